The molecule has 1 aliphatic heterocycles. The number of benzene rings is 1. The first-order valence-electron chi connectivity index (χ1n) is 7.15. The van der Waals surface area contributed by atoms with Crippen LogP contribution in [-0.4, -0.2) is 12.0 Å². The van der Waals surface area contributed by atoms with Crippen molar-refractivity contribution in [3.8, 4) is 11.8 Å². The zero-order valence-electron chi connectivity index (χ0n) is 12.3. The zero-order valence-corrected chi connectivity index (χ0v) is 13.8. The van der Waals surface area contributed by atoms with Crippen molar-refractivity contribution in [1.82, 2.24) is 5.32 Å². The molecule has 3 nitrogen and oxygen atoms in total. The number of urea groups is 1. The maximum absolute atomic E-state index is 14.5. The van der Waals surface area contributed by atoms with Gasteiger partial charge in [-0.15, -0.1) is 11.6 Å². The van der Waals surface area contributed by atoms with E-state index in [4.69, 9.17) is 23.2 Å². The topological polar surface area (TPSA) is 41.1 Å². The molecule has 23 heavy (non-hydrogen) atoms. The van der Waals surface area contributed by atoms with Gasteiger partial charge in [0.25, 0.3) is 5.92 Å². The van der Waals surface area contributed by atoms with Crippen LogP contribution in [0.2, 0.25) is 5.02 Å². The van der Waals surface area contributed by atoms with E-state index >= 15 is 0 Å². The van der Waals surface area contributed by atoms with Gasteiger partial charge in [0.15, 0.2) is 5.54 Å². The molecule has 0 spiro atoms. The van der Waals surface area contributed by atoms with Gasteiger partial charge in [-0.3, -0.25) is 0 Å². The lowest BCUT2D eigenvalue weighted by Crippen LogP contribution is -2.59. The highest BCUT2D eigenvalue weighted by molar-refractivity contribution is 6.32. The summed E-state index contributed by atoms with van der Waals surface area (Å²) in [7, 11) is 0. The molecule has 122 valence electrons. The second kappa shape index (κ2) is 5.54. The number of anilines is 1. The van der Waals surface area contributed by atoms with Crippen molar-refractivity contribution < 1.29 is 13.6 Å². The summed E-state index contributed by atoms with van der Waals surface area (Å²) in [5, 5.41) is 5.09. The van der Waals surface area contributed by atoms with Crippen molar-refractivity contribution in [2.24, 2.45) is 5.92 Å². The molecule has 0 radical (unpaired) electrons. The van der Waals surface area contributed by atoms with E-state index in [1.165, 1.54) is 12.1 Å². The van der Waals surface area contributed by atoms with Gasteiger partial charge in [-0.1, -0.05) is 23.4 Å². The molecule has 3 rings (SSSR count). The quantitative estimate of drug-likeness (QED) is 0.593. The average molecular weight is 359 g/mol. The lowest BCUT2D eigenvalue weighted by molar-refractivity contribution is -0.0464. The van der Waals surface area contributed by atoms with E-state index in [1.807, 2.05) is 0 Å². The number of rotatable bonds is 2. The Morgan fingerprint density at radius 2 is 2.13 bits per heavy atom. The van der Waals surface area contributed by atoms with E-state index in [9.17, 15) is 13.6 Å². The van der Waals surface area contributed by atoms with Crippen LogP contribution in [0.4, 0.5) is 19.3 Å². The molecule has 1 aliphatic carbocycles. The van der Waals surface area contributed by atoms with Crippen LogP contribution in [0.1, 0.15) is 30.9 Å². The largest absolute Gasteiger partial charge is 0.320 e. The monoisotopic (exact) mass is 358 g/mol. The van der Waals surface area contributed by atoms with E-state index in [0.29, 0.717) is 5.56 Å². The zero-order chi connectivity index (χ0) is 16.8. The van der Waals surface area contributed by atoms with Crippen LogP contribution >= 0.6 is 23.2 Å². The lowest BCUT2D eigenvalue weighted by Gasteiger charge is -2.40. The summed E-state index contributed by atoms with van der Waals surface area (Å²) in [4.78, 5) is 11.9. The summed E-state index contributed by atoms with van der Waals surface area (Å²) in [6.07, 6.45) is 1.78. The number of fused-ring (bicyclic) bond motifs is 1. The Labute approximate surface area is 142 Å². The molecule has 1 aromatic carbocycles. The Morgan fingerprint density at radius 1 is 1.43 bits per heavy atom. The maximum atomic E-state index is 14.5. The molecule has 0 unspecified atom stereocenters. The van der Waals surface area contributed by atoms with Gasteiger partial charge in [0.2, 0.25) is 0 Å². The highest BCUT2D eigenvalue weighted by Gasteiger charge is 2.55. The third-order valence-electron chi connectivity index (χ3n) is 3.98. The van der Waals surface area contributed by atoms with Crippen LogP contribution in [0, 0.1) is 17.8 Å². The number of hydrogen-bond acceptors (Lipinski definition) is 1. The Balaban J connectivity index is 2.23. The fraction of sp³-hybridized carbons (Fsp3) is 0.438. The number of alkyl halides is 3. The highest BCUT2D eigenvalue weighted by atomic mass is 35.5. The molecule has 1 aromatic rings. The van der Waals surface area contributed by atoms with E-state index in [0.717, 1.165) is 19.8 Å². The minimum atomic E-state index is -3.30. The number of halogens is 4. The lowest BCUT2D eigenvalue weighted by atomic mass is 9.81. The van der Waals surface area contributed by atoms with Gasteiger partial charge in [0.05, 0.1) is 0 Å². The number of amides is 2. The molecule has 1 atom stereocenters. The van der Waals surface area contributed by atoms with Crippen LogP contribution in [0.3, 0.4) is 0 Å². The fourth-order valence-electron chi connectivity index (χ4n) is 2.52. The van der Waals surface area contributed by atoms with E-state index in [1.54, 1.807) is 0 Å². The summed E-state index contributed by atoms with van der Waals surface area (Å²) in [5.74, 6) is 2.39. The second-order valence-electron chi connectivity index (χ2n) is 5.88. The second-order valence-corrected chi connectivity index (χ2v) is 6.56. The Morgan fingerprint density at radius 3 is 2.70 bits per heavy atom. The van der Waals surface area contributed by atoms with Crippen LogP contribution in [0.15, 0.2) is 12.1 Å². The number of carbonyl (C=O) groups excluding carboxylic acids is 1. The molecule has 0 bridgehead atoms. The minimum absolute atomic E-state index is 0.110. The maximum Gasteiger partial charge on any atom is 0.320 e. The molecule has 0 saturated heterocycles. The fourth-order valence-corrected chi connectivity index (χ4v) is 3.04. The van der Waals surface area contributed by atoms with Crippen molar-refractivity contribution >= 4 is 34.9 Å². The van der Waals surface area contributed by atoms with Crippen LogP contribution < -0.4 is 10.6 Å². The predicted molar refractivity (Wildman–Crippen MR) is 86.0 cm³/mol. The summed E-state index contributed by atoms with van der Waals surface area (Å²) >= 11 is 11.9. The molecular formula is C16H14Cl2F2N2O. The molecule has 1 saturated carbocycles. The molecule has 2 amide bonds. The summed E-state index contributed by atoms with van der Waals surface area (Å²) in [6.45, 7) is 0.743. The van der Waals surface area contributed by atoms with Gasteiger partial charge in [-0.05, 0) is 30.5 Å². The van der Waals surface area contributed by atoms with E-state index in [-0.39, 0.29) is 28.1 Å². The average Bonchev–Trinajstić information content (AvgIpc) is 3.27. The SMILES string of the molecule is CC(F)(F)[C@@]1(C#CC2CC2)NC(=O)Nc2cc(CCl)c(Cl)cc21. The highest BCUT2D eigenvalue weighted by Crippen LogP contribution is 2.45. The van der Waals surface area contributed by atoms with Gasteiger partial charge in [-0.25, -0.2) is 13.6 Å². The first-order valence-corrected chi connectivity index (χ1v) is 8.06. The molecule has 0 aromatic heterocycles. The third kappa shape index (κ3) is 2.86. The van der Waals surface area contributed by atoms with Crippen molar-refractivity contribution in [3.05, 3.63) is 28.3 Å². The summed E-state index contributed by atoms with van der Waals surface area (Å²) in [5.41, 5.74) is -1.16. The summed E-state index contributed by atoms with van der Waals surface area (Å²) in [6, 6.07) is 2.19. The van der Waals surface area contributed by atoms with Crippen LogP contribution in [0.5, 0.6) is 0 Å². The minimum Gasteiger partial charge on any atom is -0.312 e. The van der Waals surface area contributed by atoms with Crippen LogP contribution in [-0.2, 0) is 11.4 Å². The number of carbonyl (C=O) groups is 1. The molecule has 2 N–H and O–H groups in total. The van der Waals surface area contributed by atoms with Gasteiger partial charge < -0.3 is 10.6 Å². The summed E-state index contributed by atoms with van der Waals surface area (Å²) < 4.78 is 29.0. The van der Waals surface area contributed by atoms with Crippen molar-refractivity contribution in [2.45, 2.75) is 37.1 Å². The third-order valence-corrected chi connectivity index (χ3v) is 4.62. The molecule has 1 fully saturated rings. The Bertz CT molecular complexity index is 732. The van der Waals surface area contributed by atoms with Gasteiger partial charge in [0.1, 0.15) is 0 Å². The first-order chi connectivity index (χ1) is 10.8. The molecular weight excluding hydrogens is 345 g/mol. The first kappa shape index (κ1) is 16.4. The van der Waals surface area contributed by atoms with Crippen molar-refractivity contribution in [1.29, 1.82) is 0 Å². The van der Waals surface area contributed by atoms with Gasteiger partial charge in [0, 0.05) is 35.0 Å². The Kier molecular flexibility index (Phi) is 3.94. The smallest absolute Gasteiger partial charge is 0.312 e. The Hall–Kier alpha value is -1.51. The van der Waals surface area contributed by atoms with E-state index < -0.39 is 17.5 Å². The van der Waals surface area contributed by atoms with Gasteiger partial charge in [-0.2, -0.15) is 0 Å². The van der Waals surface area contributed by atoms with Crippen molar-refractivity contribution in [2.75, 3.05) is 5.32 Å². The standard InChI is InChI=1S/C16H14Cl2F2N2O/c1-15(19,20)16(5-4-9-2-3-9)11-7-12(18)10(8-17)6-13(11)21-14(23)22-16/h6-7,9H,2-3,8H2,1H3,(H2,21,22,23)/t16-/m0/s1. The predicted octanol–water partition coefficient (Wildman–Crippen LogP) is 4.48. The van der Waals surface area contributed by atoms with Crippen molar-refractivity contribution in [3.63, 3.8) is 0 Å². The molecule has 1 heterocycles. The molecule has 2 aliphatic rings. The normalized spacial score (nSPS) is 23.3. The van der Waals surface area contributed by atoms with Crippen LogP contribution in [0.25, 0.3) is 0 Å². The molecule has 7 heteroatoms. The number of hydrogen-bond donors (Lipinski definition) is 2. The number of nitrogens with one attached hydrogen (secondary N) is 2. The van der Waals surface area contributed by atoms with Gasteiger partial charge >= 0.3 is 6.03 Å². The van der Waals surface area contributed by atoms with E-state index in [2.05, 4.69) is 22.5 Å².